The molecule has 1 atom stereocenters. The van der Waals surface area contributed by atoms with Crippen molar-refractivity contribution in [3.05, 3.63) is 29.7 Å². The Morgan fingerprint density at radius 3 is 2.95 bits per heavy atom. The summed E-state index contributed by atoms with van der Waals surface area (Å²) in [6.07, 6.45) is 4.70. The van der Waals surface area contributed by atoms with E-state index in [2.05, 4.69) is 10.1 Å². The second-order valence-electron chi connectivity index (χ2n) is 5.26. The zero-order valence-electron chi connectivity index (χ0n) is 11.2. The first-order chi connectivity index (χ1) is 9.58. The van der Waals surface area contributed by atoms with Gasteiger partial charge in [0.25, 0.3) is 0 Å². The minimum atomic E-state index is -2.98. The Hall–Kier alpha value is -1.47. The van der Waals surface area contributed by atoms with Crippen LogP contribution in [0.4, 0.5) is 0 Å². The van der Waals surface area contributed by atoms with Crippen LogP contribution >= 0.6 is 0 Å². The predicted octanol–water partition coefficient (Wildman–Crippen LogP) is 0.698. The van der Waals surface area contributed by atoms with Crippen molar-refractivity contribution in [2.75, 3.05) is 5.75 Å². The highest BCUT2D eigenvalue weighted by molar-refractivity contribution is 7.92. The van der Waals surface area contributed by atoms with E-state index >= 15 is 0 Å². The molecule has 2 N–H and O–H groups in total. The largest absolute Gasteiger partial charge is 0.326 e. The molecule has 20 heavy (non-hydrogen) atoms. The molecule has 0 bridgehead atoms. The van der Waals surface area contributed by atoms with Gasteiger partial charge in [0.05, 0.1) is 11.0 Å². The van der Waals surface area contributed by atoms with Crippen molar-refractivity contribution in [3.63, 3.8) is 0 Å². The first-order valence-electron chi connectivity index (χ1n) is 6.84. The molecule has 1 unspecified atom stereocenters. The topological polar surface area (TPSA) is 90.3 Å². The number of hydrogen-bond donors (Lipinski definition) is 1. The van der Waals surface area contributed by atoms with Crippen LogP contribution in [0, 0.1) is 0 Å². The first-order valence-corrected chi connectivity index (χ1v) is 8.56. The molecule has 1 aliphatic rings. The molecule has 6 nitrogen and oxygen atoms in total. The number of nitrogens with zero attached hydrogens (tertiary/aromatic N) is 3. The van der Waals surface area contributed by atoms with Gasteiger partial charge in [0.2, 0.25) is 0 Å². The maximum Gasteiger partial charge on any atom is 0.155 e. The van der Waals surface area contributed by atoms with E-state index in [0.717, 1.165) is 24.1 Å². The van der Waals surface area contributed by atoms with Crippen molar-refractivity contribution in [2.24, 2.45) is 5.73 Å². The summed E-state index contributed by atoms with van der Waals surface area (Å²) in [5.74, 6) is 0.886. The fourth-order valence-electron chi connectivity index (χ4n) is 2.63. The average Bonchev–Trinajstić information content (AvgIpc) is 2.82. The summed E-state index contributed by atoms with van der Waals surface area (Å²) in [5, 5.41) is 4.04. The smallest absolute Gasteiger partial charge is 0.155 e. The van der Waals surface area contributed by atoms with E-state index in [9.17, 15) is 8.42 Å². The number of nitrogens with two attached hydrogens (primary N) is 1. The lowest BCUT2D eigenvalue weighted by atomic mass is 10.1. The summed E-state index contributed by atoms with van der Waals surface area (Å²) < 4.78 is 25.7. The van der Waals surface area contributed by atoms with Crippen molar-refractivity contribution >= 4 is 15.5 Å². The molecular formula is C13H18N4O2S. The van der Waals surface area contributed by atoms with Crippen LogP contribution in [0.3, 0.4) is 0 Å². The maximum absolute atomic E-state index is 12.0. The summed E-state index contributed by atoms with van der Waals surface area (Å²) in [6, 6.07) is 3.76. The van der Waals surface area contributed by atoms with E-state index < -0.39 is 9.84 Å². The van der Waals surface area contributed by atoms with E-state index in [1.165, 1.54) is 0 Å². The molecule has 0 aliphatic carbocycles. The molecule has 1 saturated heterocycles. The van der Waals surface area contributed by atoms with Crippen molar-refractivity contribution in [2.45, 2.75) is 37.5 Å². The number of pyridine rings is 1. The Balaban J connectivity index is 1.87. The third-order valence-electron chi connectivity index (χ3n) is 3.79. The molecule has 2 aromatic rings. The number of aromatic nitrogens is 3. The van der Waals surface area contributed by atoms with Crippen molar-refractivity contribution in [3.8, 4) is 0 Å². The number of rotatable bonds is 3. The SMILES string of the molecule is NCc1ccc2nc(CC3CCCCS3(=O)=O)nn2c1. The third-order valence-corrected chi connectivity index (χ3v) is 6.07. The summed E-state index contributed by atoms with van der Waals surface area (Å²) in [4.78, 5) is 4.39. The van der Waals surface area contributed by atoms with Gasteiger partial charge in [0.15, 0.2) is 21.3 Å². The van der Waals surface area contributed by atoms with Crippen LogP contribution in [-0.4, -0.2) is 34.0 Å². The highest BCUT2D eigenvalue weighted by Gasteiger charge is 2.30. The van der Waals surface area contributed by atoms with Gasteiger partial charge >= 0.3 is 0 Å². The molecule has 0 aromatic carbocycles. The predicted molar refractivity (Wildman–Crippen MR) is 76.0 cm³/mol. The third kappa shape index (κ3) is 2.55. The molecule has 2 aromatic heterocycles. The fraction of sp³-hybridized carbons (Fsp3) is 0.538. The van der Waals surface area contributed by atoms with Gasteiger partial charge in [-0.1, -0.05) is 12.5 Å². The number of hydrogen-bond acceptors (Lipinski definition) is 5. The maximum atomic E-state index is 12.0. The van der Waals surface area contributed by atoms with E-state index in [-0.39, 0.29) is 5.25 Å². The quantitative estimate of drug-likeness (QED) is 0.899. The Bertz CT molecular complexity index is 723. The van der Waals surface area contributed by atoms with E-state index in [1.807, 2.05) is 18.3 Å². The lowest BCUT2D eigenvalue weighted by Gasteiger charge is -2.20. The molecular weight excluding hydrogens is 276 g/mol. The van der Waals surface area contributed by atoms with Crippen LogP contribution < -0.4 is 5.73 Å². The van der Waals surface area contributed by atoms with Gasteiger partial charge in [-0.3, -0.25) is 0 Å². The van der Waals surface area contributed by atoms with Crippen LogP contribution in [0.1, 0.15) is 30.7 Å². The fourth-order valence-corrected chi connectivity index (χ4v) is 4.50. The summed E-state index contributed by atoms with van der Waals surface area (Å²) in [5.41, 5.74) is 7.29. The summed E-state index contributed by atoms with van der Waals surface area (Å²) in [7, 11) is -2.98. The highest BCUT2D eigenvalue weighted by Crippen LogP contribution is 2.22. The van der Waals surface area contributed by atoms with Crippen LogP contribution in [0.25, 0.3) is 5.65 Å². The molecule has 0 radical (unpaired) electrons. The first kappa shape index (κ1) is 13.5. The molecule has 108 valence electrons. The number of fused-ring (bicyclic) bond motifs is 1. The minimum Gasteiger partial charge on any atom is -0.326 e. The van der Waals surface area contributed by atoms with Crippen molar-refractivity contribution in [1.29, 1.82) is 0 Å². The molecule has 0 spiro atoms. The lowest BCUT2D eigenvalue weighted by Crippen LogP contribution is -2.30. The van der Waals surface area contributed by atoms with Crippen LogP contribution in [0.5, 0.6) is 0 Å². The van der Waals surface area contributed by atoms with Crippen LogP contribution in [0.2, 0.25) is 0 Å². The van der Waals surface area contributed by atoms with Gasteiger partial charge in [0, 0.05) is 19.2 Å². The van der Waals surface area contributed by atoms with Crippen LogP contribution in [0.15, 0.2) is 18.3 Å². The molecule has 0 amide bonds. The Morgan fingerprint density at radius 1 is 1.35 bits per heavy atom. The van der Waals surface area contributed by atoms with Gasteiger partial charge in [0.1, 0.15) is 0 Å². The van der Waals surface area contributed by atoms with Crippen molar-refractivity contribution < 1.29 is 8.42 Å². The number of sulfone groups is 1. The summed E-state index contributed by atoms with van der Waals surface area (Å²) >= 11 is 0. The second-order valence-corrected chi connectivity index (χ2v) is 7.66. The Morgan fingerprint density at radius 2 is 2.20 bits per heavy atom. The summed E-state index contributed by atoms with van der Waals surface area (Å²) in [6.45, 7) is 0.447. The van der Waals surface area contributed by atoms with Gasteiger partial charge in [-0.25, -0.2) is 17.9 Å². The average molecular weight is 294 g/mol. The van der Waals surface area contributed by atoms with Gasteiger partial charge in [-0.15, -0.1) is 0 Å². The zero-order valence-corrected chi connectivity index (χ0v) is 12.0. The molecule has 7 heteroatoms. The molecule has 1 fully saturated rings. The van der Waals surface area contributed by atoms with Gasteiger partial charge in [-0.05, 0) is 24.5 Å². The second kappa shape index (κ2) is 5.14. The Kier molecular flexibility index (Phi) is 3.47. The van der Waals surface area contributed by atoms with Gasteiger partial charge < -0.3 is 5.73 Å². The van der Waals surface area contributed by atoms with E-state index in [0.29, 0.717) is 31.0 Å². The molecule has 3 heterocycles. The molecule has 1 aliphatic heterocycles. The lowest BCUT2D eigenvalue weighted by molar-refractivity contribution is 0.534. The minimum absolute atomic E-state index is 0.294. The highest BCUT2D eigenvalue weighted by atomic mass is 32.2. The van der Waals surface area contributed by atoms with E-state index in [4.69, 9.17) is 5.73 Å². The zero-order chi connectivity index (χ0) is 14.2. The Labute approximate surface area is 117 Å². The van der Waals surface area contributed by atoms with Crippen molar-refractivity contribution in [1.82, 2.24) is 14.6 Å². The molecule has 3 rings (SSSR count). The molecule has 0 saturated carbocycles. The van der Waals surface area contributed by atoms with E-state index in [1.54, 1.807) is 4.52 Å². The normalized spacial score (nSPS) is 22.1. The van der Waals surface area contributed by atoms with Gasteiger partial charge in [-0.2, -0.15) is 5.10 Å². The monoisotopic (exact) mass is 294 g/mol. The van der Waals surface area contributed by atoms with Crippen LogP contribution in [-0.2, 0) is 22.8 Å². The standard InChI is InChI=1S/C13H18N4O2S/c14-8-10-4-5-13-15-12(16-17(13)9-10)7-11-3-1-2-6-20(11,18)19/h4-5,9,11H,1-3,6-8,14H2.